The van der Waals surface area contributed by atoms with Gasteiger partial charge in [0.25, 0.3) is 0 Å². The number of ether oxygens (including phenoxy) is 3. The highest BCUT2D eigenvalue weighted by Crippen LogP contribution is 2.18. The monoisotopic (exact) mass is 362 g/mol. The predicted molar refractivity (Wildman–Crippen MR) is 100 cm³/mol. The van der Waals surface area contributed by atoms with Gasteiger partial charge >= 0.3 is 6.16 Å². The minimum Gasteiger partial charge on any atom is -0.497 e. The van der Waals surface area contributed by atoms with Crippen LogP contribution in [-0.4, -0.2) is 19.0 Å². The van der Waals surface area contributed by atoms with Crippen molar-refractivity contribution in [2.75, 3.05) is 7.11 Å². The fraction of sp³-hybridized carbons (Fsp3) is 0.0909. The number of benzene rings is 3. The van der Waals surface area contributed by atoms with Crippen molar-refractivity contribution in [3.05, 3.63) is 95.6 Å². The Morgan fingerprint density at radius 1 is 0.741 bits per heavy atom. The number of rotatable bonds is 6. The van der Waals surface area contributed by atoms with E-state index < -0.39 is 6.16 Å². The Bertz CT molecular complexity index is 900. The Kier molecular flexibility index (Phi) is 5.84. The molecule has 0 unspecified atom stereocenters. The van der Waals surface area contributed by atoms with Gasteiger partial charge in [0.05, 0.1) is 7.11 Å². The van der Waals surface area contributed by atoms with E-state index in [2.05, 4.69) is 0 Å². The van der Waals surface area contributed by atoms with Gasteiger partial charge < -0.3 is 14.2 Å². The first-order chi connectivity index (χ1) is 13.2. The van der Waals surface area contributed by atoms with Crippen LogP contribution in [0.3, 0.4) is 0 Å². The molecule has 3 aromatic rings. The number of carbonyl (C=O) groups excluding carboxylic acids is 2. The third-order valence-electron chi connectivity index (χ3n) is 3.87. The third-order valence-corrected chi connectivity index (χ3v) is 3.87. The highest BCUT2D eigenvalue weighted by molar-refractivity contribution is 6.09. The van der Waals surface area contributed by atoms with Crippen molar-refractivity contribution in [3.63, 3.8) is 0 Å². The summed E-state index contributed by atoms with van der Waals surface area (Å²) in [6.07, 6.45) is -0.798. The maximum absolute atomic E-state index is 12.5. The van der Waals surface area contributed by atoms with Crippen molar-refractivity contribution in [2.45, 2.75) is 6.61 Å². The molecule has 0 amide bonds. The van der Waals surface area contributed by atoms with Gasteiger partial charge in [-0.25, -0.2) is 4.79 Å². The van der Waals surface area contributed by atoms with E-state index in [0.717, 1.165) is 5.56 Å². The van der Waals surface area contributed by atoms with Gasteiger partial charge in [0.1, 0.15) is 18.1 Å². The molecule has 0 spiro atoms. The summed E-state index contributed by atoms with van der Waals surface area (Å²) in [7, 11) is 1.57. The van der Waals surface area contributed by atoms with E-state index in [-0.39, 0.29) is 12.4 Å². The molecule has 3 aromatic carbocycles. The van der Waals surface area contributed by atoms with Crippen molar-refractivity contribution in [1.82, 2.24) is 0 Å². The molecule has 27 heavy (non-hydrogen) atoms. The molecule has 0 aliphatic rings. The van der Waals surface area contributed by atoms with Gasteiger partial charge in [-0.05, 0) is 54.1 Å². The van der Waals surface area contributed by atoms with E-state index in [1.54, 1.807) is 55.6 Å². The molecule has 0 saturated carbocycles. The van der Waals surface area contributed by atoms with E-state index in [9.17, 15) is 9.59 Å². The second-order valence-corrected chi connectivity index (χ2v) is 5.71. The van der Waals surface area contributed by atoms with Crippen LogP contribution in [-0.2, 0) is 11.3 Å². The van der Waals surface area contributed by atoms with E-state index in [0.29, 0.717) is 22.6 Å². The van der Waals surface area contributed by atoms with Crippen molar-refractivity contribution < 1.29 is 23.8 Å². The second-order valence-electron chi connectivity index (χ2n) is 5.71. The minimum absolute atomic E-state index is 0.129. The summed E-state index contributed by atoms with van der Waals surface area (Å²) in [5, 5.41) is 0. The van der Waals surface area contributed by atoms with Gasteiger partial charge in [-0.15, -0.1) is 0 Å². The number of carbonyl (C=O) groups is 2. The number of ketones is 1. The molecule has 136 valence electrons. The smallest absolute Gasteiger partial charge is 0.497 e. The first-order valence-corrected chi connectivity index (χ1v) is 8.33. The van der Waals surface area contributed by atoms with Crippen molar-refractivity contribution in [1.29, 1.82) is 0 Å². The molecule has 0 atom stereocenters. The van der Waals surface area contributed by atoms with Crippen molar-refractivity contribution >= 4 is 11.9 Å². The average molecular weight is 362 g/mol. The van der Waals surface area contributed by atoms with E-state index in [4.69, 9.17) is 14.2 Å². The van der Waals surface area contributed by atoms with E-state index in [1.807, 2.05) is 30.3 Å². The van der Waals surface area contributed by atoms with Gasteiger partial charge in [0.15, 0.2) is 5.78 Å². The molecule has 0 bridgehead atoms. The molecule has 0 radical (unpaired) electrons. The van der Waals surface area contributed by atoms with Crippen LogP contribution in [0, 0.1) is 0 Å². The van der Waals surface area contributed by atoms with Crippen LogP contribution in [0.15, 0.2) is 78.9 Å². The van der Waals surface area contributed by atoms with Gasteiger partial charge in [-0.2, -0.15) is 0 Å². The normalized spacial score (nSPS) is 10.1. The molecule has 5 heteroatoms. The number of hydrogen-bond acceptors (Lipinski definition) is 5. The molecule has 0 N–H and O–H groups in total. The minimum atomic E-state index is -0.798. The molecule has 0 saturated heterocycles. The standard InChI is InChI=1S/C22H18O5/c1-25-19-11-7-17(8-12-19)21(23)18-9-13-20(14-10-18)27-22(24)26-15-16-5-3-2-4-6-16/h2-14H,15H2,1H3. The Morgan fingerprint density at radius 3 is 1.85 bits per heavy atom. The Labute approximate surface area is 157 Å². The van der Waals surface area contributed by atoms with Gasteiger partial charge in [0, 0.05) is 11.1 Å². The van der Waals surface area contributed by atoms with Crippen molar-refractivity contribution in [2.24, 2.45) is 0 Å². The maximum Gasteiger partial charge on any atom is 0.514 e. The van der Waals surface area contributed by atoms with Crippen LogP contribution in [0.25, 0.3) is 0 Å². The Hall–Kier alpha value is -3.60. The molecule has 5 nitrogen and oxygen atoms in total. The molecular weight excluding hydrogens is 344 g/mol. The summed E-state index contributed by atoms with van der Waals surface area (Å²) >= 11 is 0. The predicted octanol–water partition coefficient (Wildman–Crippen LogP) is 4.64. The Balaban J connectivity index is 1.57. The van der Waals surface area contributed by atoms with E-state index >= 15 is 0 Å². The summed E-state index contributed by atoms with van der Waals surface area (Å²) < 4.78 is 15.3. The van der Waals surface area contributed by atoms with Crippen LogP contribution in [0.1, 0.15) is 21.5 Å². The average Bonchev–Trinajstić information content (AvgIpc) is 2.73. The Morgan fingerprint density at radius 2 is 1.30 bits per heavy atom. The van der Waals surface area contributed by atoms with E-state index in [1.165, 1.54) is 0 Å². The van der Waals surface area contributed by atoms with Crippen LogP contribution in [0.2, 0.25) is 0 Å². The zero-order valence-corrected chi connectivity index (χ0v) is 14.8. The molecule has 0 aliphatic heterocycles. The number of methoxy groups -OCH3 is 1. The summed E-state index contributed by atoms with van der Waals surface area (Å²) in [6.45, 7) is 0.133. The first-order valence-electron chi connectivity index (χ1n) is 8.33. The van der Waals surface area contributed by atoms with Gasteiger partial charge in [-0.1, -0.05) is 30.3 Å². The SMILES string of the molecule is COc1ccc(C(=O)c2ccc(OC(=O)OCc3ccccc3)cc2)cc1. The lowest BCUT2D eigenvalue weighted by Gasteiger charge is -2.07. The van der Waals surface area contributed by atoms with Crippen LogP contribution < -0.4 is 9.47 Å². The molecule has 0 fully saturated rings. The lowest BCUT2D eigenvalue weighted by Crippen LogP contribution is -2.10. The molecule has 0 aliphatic carbocycles. The fourth-order valence-electron chi connectivity index (χ4n) is 2.43. The fourth-order valence-corrected chi connectivity index (χ4v) is 2.43. The van der Waals surface area contributed by atoms with Gasteiger partial charge in [0.2, 0.25) is 0 Å². The molecule has 0 heterocycles. The summed E-state index contributed by atoms with van der Waals surface area (Å²) in [6, 6.07) is 22.5. The zero-order chi connectivity index (χ0) is 19.1. The summed E-state index contributed by atoms with van der Waals surface area (Å²) in [4.78, 5) is 24.2. The quantitative estimate of drug-likeness (QED) is 0.363. The molecular formula is C22H18O5. The van der Waals surface area contributed by atoms with Crippen molar-refractivity contribution in [3.8, 4) is 11.5 Å². The third kappa shape index (κ3) is 4.95. The van der Waals surface area contributed by atoms with Gasteiger partial charge in [-0.3, -0.25) is 4.79 Å². The second kappa shape index (κ2) is 8.67. The summed E-state index contributed by atoms with van der Waals surface area (Å²) in [5.74, 6) is 0.861. The van der Waals surface area contributed by atoms with Crippen LogP contribution in [0.5, 0.6) is 11.5 Å². The van der Waals surface area contributed by atoms with Crippen LogP contribution >= 0.6 is 0 Å². The highest BCUT2D eigenvalue weighted by atomic mass is 16.7. The first kappa shape index (κ1) is 18.2. The van der Waals surface area contributed by atoms with Crippen LogP contribution in [0.4, 0.5) is 4.79 Å². The molecule has 3 rings (SSSR count). The zero-order valence-electron chi connectivity index (χ0n) is 14.8. The molecule has 0 aromatic heterocycles. The maximum atomic E-state index is 12.5. The topological polar surface area (TPSA) is 61.8 Å². The number of hydrogen-bond donors (Lipinski definition) is 0. The lowest BCUT2D eigenvalue weighted by molar-refractivity contribution is 0.0928. The lowest BCUT2D eigenvalue weighted by atomic mass is 10.0. The summed E-state index contributed by atoms with van der Waals surface area (Å²) in [5.41, 5.74) is 1.91. The highest BCUT2D eigenvalue weighted by Gasteiger charge is 2.11. The largest absolute Gasteiger partial charge is 0.514 e.